The molecule has 0 radical (unpaired) electrons. The van der Waals surface area contributed by atoms with Crippen LogP contribution in [0.15, 0.2) is 47.4 Å². The lowest BCUT2D eigenvalue weighted by Crippen LogP contribution is -2.40. The highest BCUT2D eigenvalue weighted by Gasteiger charge is 2.45. The van der Waals surface area contributed by atoms with Gasteiger partial charge in [0.25, 0.3) is 0 Å². The third-order valence-electron chi connectivity index (χ3n) is 6.07. The van der Waals surface area contributed by atoms with Gasteiger partial charge in [0.15, 0.2) is 0 Å². The van der Waals surface area contributed by atoms with Crippen molar-refractivity contribution in [3.8, 4) is 0 Å². The van der Waals surface area contributed by atoms with Gasteiger partial charge in [0.1, 0.15) is 5.82 Å². The second-order valence-electron chi connectivity index (χ2n) is 7.84. The number of halogens is 4. The molecular formula is C23H26F4OS. The first-order chi connectivity index (χ1) is 13.7. The summed E-state index contributed by atoms with van der Waals surface area (Å²) in [5.41, 5.74) is -0.262. The summed E-state index contributed by atoms with van der Waals surface area (Å²) in [6, 6.07) is 9.58. The second kappa shape index (κ2) is 8.68. The molecule has 0 bridgehead atoms. The number of thioether (sulfide) groups is 1. The molecule has 1 aliphatic heterocycles. The van der Waals surface area contributed by atoms with Crippen LogP contribution in [-0.4, -0.2) is 17.0 Å². The van der Waals surface area contributed by atoms with Gasteiger partial charge in [0.2, 0.25) is 0 Å². The Morgan fingerprint density at radius 2 is 1.90 bits per heavy atom. The molecule has 1 N–H and O–H groups in total. The van der Waals surface area contributed by atoms with Crippen LogP contribution in [0.3, 0.4) is 0 Å². The van der Waals surface area contributed by atoms with Crippen LogP contribution < -0.4 is 0 Å². The Hall–Kier alpha value is -1.53. The molecule has 1 aliphatic rings. The lowest BCUT2D eigenvalue weighted by Gasteiger charge is -2.40. The van der Waals surface area contributed by atoms with E-state index in [0.29, 0.717) is 23.3 Å². The summed E-state index contributed by atoms with van der Waals surface area (Å²) < 4.78 is 54.2. The van der Waals surface area contributed by atoms with Gasteiger partial charge in [-0.1, -0.05) is 38.8 Å². The van der Waals surface area contributed by atoms with Crippen molar-refractivity contribution in [2.45, 2.75) is 62.6 Å². The summed E-state index contributed by atoms with van der Waals surface area (Å²) in [5.74, 6) is -0.555. The number of rotatable bonds is 5. The van der Waals surface area contributed by atoms with Crippen molar-refractivity contribution in [1.29, 1.82) is 0 Å². The Morgan fingerprint density at radius 1 is 1.14 bits per heavy atom. The van der Waals surface area contributed by atoms with Crippen molar-refractivity contribution in [3.63, 3.8) is 0 Å². The highest BCUT2D eigenvalue weighted by molar-refractivity contribution is 7.99. The zero-order valence-corrected chi connectivity index (χ0v) is 17.4. The number of benzene rings is 2. The molecule has 0 amide bonds. The largest absolute Gasteiger partial charge is 0.416 e. The number of aliphatic hydroxyl groups excluding tert-OH is 1. The van der Waals surface area contributed by atoms with Crippen LogP contribution in [0.5, 0.6) is 0 Å². The Balaban J connectivity index is 2.20. The molecule has 29 heavy (non-hydrogen) atoms. The van der Waals surface area contributed by atoms with Crippen molar-refractivity contribution in [2.24, 2.45) is 5.41 Å². The van der Waals surface area contributed by atoms with E-state index in [9.17, 15) is 22.7 Å². The minimum absolute atomic E-state index is 0.426. The molecule has 3 rings (SSSR count). The summed E-state index contributed by atoms with van der Waals surface area (Å²) >= 11 is 1.50. The number of hydrogen-bond acceptors (Lipinski definition) is 2. The van der Waals surface area contributed by atoms with Crippen LogP contribution >= 0.6 is 11.8 Å². The first-order valence-electron chi connectivity index (χ1n) is 9.99. The SMILES string of the molecule is CCCC[C@]1(CC)CSc2ccc(C(F)(F)F)cc2[C@@H](c2cccc(F)c2)[C@H]1O. The fourth-order valence-electron chi connectivity index (χ4n) is 4.23. The van der Waals surface area contributed by atoms with E-state index in [4.69, 9.17) is 0 Å². The fraction of sp³-hybridized carbons (Fsp3) is 0.478. The van der Waals surface area contributed by atoms with Gasteiger partial charge in [-0.2, -0.15) is 13.2 Å². The summed E-state index contributed by atoms with van der Waals surface area (Å²) in [7, 11) is 0. The van der Waals surface area contributed by atoms with Gasteiger partial charge in [-0.3, -0.25) is 0 Å². The molecule has 158 valence electrons. The maximum atomic E-state index is 14.0. The van der Waals surface area contributed by atoms with E-state index in [-0.39, 0.29) is 0 Å². The van der Waals surface area contributed by atoms with E-state index in [1.54, 1.807) is 12.1 Å². The van der Waals surface area contributed by atoms with E-state index in [1.165, 1.54) is 30.0 Å². The average Bonchev–Trinajstić information content (AvgIpc) is 2.80. The Labute approximate surface area is 173 Å². The zero-order valence-electron chi connectivity index (χ0n) is 16.6. The molecule has 0 saturated heterocycles. The van der Waals surface area contributed by atoms with Gasteiger partial charge in [-0.05, 0) is 54.3 Å². The molecule has 1 heterocycles. The predicted molar refractivity (Wildman–Crippen MR) is 109 cm³/mol. The molecule has 0 spiro atoms. The molecule has 0 aromatic heterocycles. The van der Waals surface area contributed by atoms with Gasteiger partial charge >= 0.3 is 6.18 Å². The van der Waals surface area contributed by atoms with E-state index in [1.807, 2.05) is 6.92 Å². The Bertz CT molecular complexity index is 851. The lowest BCUT2D eigenvalue weighted by molar-refractivity contribution is -0.137. The minimum atomic E-state index is -4.48. The third-order valence-corrected chi connectivity index (χ3v) is 7.47. The number of unbranched alkanes of at least 4 members (excludes halogenated alkanes) is 1. The van der Waals surface area contributed by atoms with E-state index < -0.39 is 35.0 Å². The maximum absolute atomic E-state index is 14.0. The molecule has 6 heteroatoms. The van der Waals surface area contributed by atoms with Crippen LogP contribution in [0.4, 0.5) is 17.6 Å². The van der Waals surface area contributed by atoms with Gasteiger partial charge in [0, 0.05) is 22.0 Å². The minimum Gasteiger partial charge on any atom is -0.392 e. The van der Waals surface area contributed by atoms with Crippen molar-refractivity contribution >= 4 is 11.8 Å². The van der Waals surface area contributed by atoms with E-state index >= 15 is 0 Å². The molecule has 0 fully saturated rings. The predicted octanol–water partition coefficient (Wildman–Crippen LogP) is 7.03. The normalized spacial score (nSPS) is 24.8. The van der Waals surface area contributed by atoms with Crippen LogP contribution in [0.1, 0.15) is 62.1 Å². The molecular weight excluding hydrogens is 400 g/mol. The maximum Gasteiger partial charge on any atom is 0.416 e. The number of fused-ring (bicyclic) bond motifs is 1. The summed E-state index contributed by atoms with van der Waals surface area (Å²) in [5, 5.41) is 11.6. The first-order valence-corrected chi connectivity index (χ1v) is 11.0. The fourth-order valence-corrected chi connectivity index (χ4v) is 5.71. The van der Waals surface area contributed by atoms with Gasteiger partial charge in [0.05, 0.1) is 11.7 Å². The summed E-state index contributed by atoms with van der Waals surface area (Å²) in [6.45, 7) is 4.09. The monoisotopic (exact) mass is 426 g/mol. The number of aliphatic hydroxyl groups is 1. The standard InChI is InChI=1S/C23H26F4OS/c1-3-5-11-22(4-2)14-29-19-10-9-16(23(25,26)27)13-18(19)20(21(22)28)15-7-6-8-17(24)12-15/h6-10,12-13,20-21,28H,3-5,11,14H2,1-2H3/t20-,21-,22-/m1/s1. The quantitative estimate of drug-likeness (QED) is 0.518. The summed E-state index contributed by atoms with van der Waals surface area (Å²) in [4.78, 5) is 0.720. The van der Waals surface area contributed by atoms with Gasteiger partial charge in [-0.15, -0.1) is 11.8 Å². The molecule has 0 saturated carbocycles. The van der Waals surface area contributed by atoms with Crippen LogP contribution in [0.2, 0.25) is 0 Å². The average molecular weight is 427 g/mol. The lowest BCUT2D eigenvalue weighted by atomic mass is 9.69. The van der Waals surface area contributed by atoms with Crippen LogP contribution in [0, 0.1) is 11.2 Å². The summed E-state index contributed by atoms with van der Waals surface area (Å²) in [6.07, 6.45) is -2.01. The van der Waals surface area contributed by atoms with E-state index in [2.05, 4.69) is 6.92 Å². The highest BCUT2D eigenvalue weighted by Crippen LogP contribution is 2.51. The molecule has 3 atom stereocenters. The molecule has 2 aromatic carbocycles. The first kappa shape index (κ1) is 22.2. The van der Waals surface area contributed by atoms with Crippen molar-refractivity contribution in [3.05, 3.63) is 65.0 Å². The van der Waals surface area contributed by atoms with Crippen molar-refractivity contribution in [2.75, 3.05) is 5.75 Å². The molecule has 1 nitrogen and oxygen atoms in total. The second-order valence-corrected chi connectivity index (χ2v) is 8.85. The van der Waals surface area contributed by atoms with E-state index in [0.717, 1.165) is 36.3 Å². The highest BCUT2D eigenvalue weighted by atomic mass is 32.2. The Morgan fingerprint density at radius 3 is 2.52 bits per heavy atom. The van der Waals surface area contributed by atoms with Crippen molar-refractivity contribution in [1.82, 2.24) is 0 Å². The van der Waals surface area contributed by atoms with Crippen LogP contribution in [0.25, 0.3) is 0 Å². The van der Waals surface area contributed by atoms with Crippen molar-refractivity contribution < 1.29 is 22.7 Å². The Kier molecular flexibility index (Phi) is 6.64. The molecule has 2 aromatic rings. The molecule has 0 unspecified atom stereocenters. The van der Waals surface area contributed by atoms with Gasteiger partial charge in [-0.25, -0.2) is 4.39 Å². The molecule has 0 aliphatic carbocycles. The van der Waals surface area contributed by atoms with Crippen LogP contribution in [-0.2, 0) is 6.18 Å². The van der Waals surface area contributed by atoms with Gasteiger partial charge < -0.3 is 5.11 Å². The number of hydrogen-bond donors (Lipinski definition) is 1. The zero-order chi connectivity index (χ0) is 21.2. The third kappa shape index (κ3) is 4.48. The topological polar surface area (TPSA) is 20.2 Å². The number of alkyl halides is 3. The smallest absolute Gasteiger partial charge is 0.392 e.